The zero-order valence-corrected chi connectivity index (χ0v) is 10.4. The fourth-order valence-corrected chi connectivity index (χ4v) is 1.45. The van der Waals surface area contributed by atoms with Gasteiger partial charge in [0.25, 0.3) is 0 Å². The molecule has 4 heteroatoms. The van der Waals surface area contributed by atoms with E-state index in [0.29, 0.717) is 25.1 Å². The molecule has 1 aliphatic rings. The molecule has 1 aliphatic carbocycles. The van der Waals surface area contributed by atoms with Crippen molar-refractivity contribution in [2.24, 2.45) is 5.92 Å². The zero-order chi connectivity index (χ0) is 11.8. The van der Waals surface area contributed by atoms with Crippen LogP contribution in [-0.2, 0) is 4.74 Å². The molecular weight excluding hydrogens is 204 g/mol. The third kappa shape index (κ3) is 5.95. The summed E-state index contributed by atoms with van der Waals surface area (Å²) in [5.74, 6) is 0.676. The van der Waals surface area contributed by atoms with Gasteiger partial charge < -0.3 is 15.4 Å². The van der Waals surface area contributed by atoms with Crippen molar-refractivity contribution in [3.63, 3.8) is 0 Å². The highest BCUT2D eigenvalue weighted by Gasteiger charge is 2.18. The van der Waals surface area contributed by atoms with Gasteiger partial charge in [-0.15, -0.1) is 0 Å². The van der Waals surface area contributed by atoms with Crippen LogP contribution in [0.3, 0.4) is 0 Å². The van der Waals surface area contributed by atoms with Gasteiger partial charge >= 0.3 is 6.03 Å². The molecule has 0 aromatic rings. The van der Waals surface area contributed by atoms with Crippen molar-refractivity contribution in [2.75, 3.05) is 19.8 Å². The number of amides is 2. The molecule has 0 bridgehead atoms. The third-order valence-electron chi connectivity index (χ3n) is 2.81. The van der Waals surface area contributed by atoms with E-state index in [1.165, 1.54) is 6.42 Å². The van der Waals surface area contributed by atoms with Gasteiger partial charge in [-0.2, -0.15) is 0 Å². The lowest BCUT2D eigenvalue weighted by molar-refractivity contribution is 0.125. The molecule has 94 valence electrons. The van der Waals surface area contributed by atoms with Gasteiger partial charge in [0.1, 0.15) is 0 Å². The minimum absolute atomic E-state index is 0.0582. The Kier molecular flexibility index (Phi) is 6.23. The molecule has 4 nitrogen and oxygen atoms in total. The number of rotatable bonds is 7. The van der Waals surface area contributed by atoms with Crippen LogP contribution < -0.4 is 10.6 Å². The van der Waals surface area contributed by atoms with Gasteiger partial charge in [-0.1, -0.05) is 13.8 Å². The van der Waals surface area contributed by atoms with E-state index < -0.39 is 0 Å². The Labute approximate surface area is 98.1 Å². The number of hydrogen-bond donors (Lipinski definition) is 2. The van der Waals surface area contributed by atoms with E-state index in [1.807, 2.05) is 0 Å². The predicted molar refractivity (Wildman–Crippen MR) is 64.4 cm³/mol. The summed E-state index contributed by atoms with van der Waals surface area (Å²) in [5, 5.41) is 5.71. The van der Waals surface area contributed by atoms with Crippen LogP contribution in [0.1, 0.15) is 39.5 Å². The molecular formula is C12H24N2O2. The summed E-state index contributed by atoms with van der Waals surface area (Å²) in [6, 6.07) is 0.346. The molecule has 0 saturated heterocycles. The third-order valence-corrected chi connectivity index (χ3v) is 2.81. The molecule has 0 aromatic heterocycles. The van der Waals surface area contributed by atoms with Gasteiger partial charge in [0, 0.05) is 19.2 Å². The Balaban J connectivity index is 1.84. The van der Waals surface area contributed by atoms with Crippen molar-refractivity contribution in [1.29, 1.82) is 0 Å². The number of carbonyl (C=O) groups is 1. The lowest BCUT2D eigenvalue weighted by Gasteiger charge is -2.26. The van der Waals surface area contributed by atoms with Crippen molar-refractivity contribution in [3.8, 4) is 0 Å². The molecule has 2 amide bonds. The maximum absolute atomic E-state index is 11.3. The molecule has 0 unspecified atom stereocenters. The Morgan fingerprint density at radius 2 is 2.12 bits per heavy atom. The average Bonchev–Trinajstić information content (AvgIpc) is 2.17. The molecule has 0 spiro atoms. The number of ether oxygens (including phenoxy) is 1. The van der Waals surface area contributed by atoms with Crippen molar-refractivity contribution >= 4 is 6.03 Å². The van der Waals surface area contributed by atoms with E-state index in [9.17, 15) is 4.79 Å². The number of hydrogen-bond acceptors (Lipinski definition) is 2. The molecule has 0 atom stereocenters. The number of urea groups is 1. The lowest BCUT2D eigenvalue weighted by atomic mass is 9.93. The van der Waals surface area contributed by atoms with Crippen LogP contribution in [-0.4, -0.2) is 31.8 Å². The van der Waals surface area contributed by atoms with Gasteiger partial charge in [0.05, 0.1) is 6.61 Å². The topological polar surface area (TPSA) is 50.4 Å². The van der Waals surface area contributed by atoms with Crippen molar-refractivity contribution < 1.29 is 9.53 Å². The maximum atomic E-state index is 11.3. The van der Waals surface area contributed by atoms with E-state index in [-0.39, 0.29) is 6.03 Å². The summed E-state index contributed by atoms with van der Waals surface area (Å²) in [5.41, 5.74) is 0. The summed E-state index contributed by atoms with van der Waals surface area (Å²) in [6.45, 7) is 6.33. The van der Waals surface area contributed by atoms with E-state index in [0.717, 1.165) is 25.9 Å². The molecule has 1 saturated carbocycles. The summed E-state index contributed by atoms with van der Waals surface area (Å²) >= 11 is 0. The van der Waals surface area contributed by atoms with E-state index in [1.54, 1.807) is 0 Å². The zero-order valence-electron chi connectivity index (χ0n) is 10.4. The molecule has 1 fully saturated rings. The SMILES string of the molecule is CC(C)CCOCCNC(=O)NC1CCC1. The minimum atomic E-state index is -0.0582. The number of nitrogens with one attached hydrogen (secondary N) is 2. The highest BCUT2D eigenvalue weighted by molar-refractivity contribution is 5.74. The van der Waals surface area contributed by atoms with Crippen molar-refractivity contribution in [2.45, 2.75) is 45.6 Å². The maximum Gasteiger partial charge on any atom is 0.315 e. The van der Waals surface area contributed by atoms with E-state index >= 15 is 0 Å². The smallest absolute Gasteiger partial charge is 0.315 e. The molecule has 0 aliphatic heterocycles. The Morgan fingerprint density at radius 3 is 2.69 bits per heavy atom. The predicted octanol–water partition coefficient (Wildman–Crippen LogP) is 1.90. The van der Waals surface area contributed by atoms with Crippen LogP contribution in [0.25, 0.3) is 0 Å². The molecule has 0 heterocycles. The summed E-state index contributed by atoms with van der Waals surface area (Å²) in [4.78, 5) is 11.3. The quantitative estimate of drug-likeness (QED) is 0.654. The summed E-state index contributed by atoms with van der Waals surface area (Å²) in [7, 11) is 0. The fourth-order valence-electron chi connectivity index (χ4n) is 1.45. The Bertz CT molecular complexity index is 203. The second-order valence-electron chi connectivity index (χ2n) is 4.82. The van der Waals surface area contributed by atoms with Crippen LogP contribution in [0.5, 0.6) is 0 Å². The van der Waals surface area contributed by atoms with Gasteiger partial charge in [0.15, 0.2) is 0 Å². The Morgan fingerprint density at radius 1 is 1.38 bits per heavy atom. The van der Waals surface area contributed by atoms with E-state index in [2.05, 4.69) is 24.5 Å². The monoisotopic (exact) mass is 228 g/mol. The second kappa shape index (κ2) is 7.49. The highest BCUT2D eigenvalue weighted by Crippen LogP contribution is 2.17. The molecule has 0 radical (unpaired) electrons. The minimum Gasteiger partial charge on any atom is -0.380 e. The highest BCUT2D eigenvalue weighted by atomic mass is 16.5. The average molecular weight is 228 g/mol. The summed E-state index contributed by atoms with van der Waals surface area (Å²) in [6.07, 6.45) is 4.56. The molecule has 0 aromatic carbocycles. The van der Waals surface area contributed by atoms with Crippen LogP contribution in [0.15, 0.2) is 0 Å². The van der Waals surface area contributed by atoms with Crippen molar-refractivity contribution in [1.82, 2.24) is 10.6 Å². The van der Waals surface area contributed by atoms with Crippen LogP contribution >= 0.6 is 0 Å². The normalized spacial score (nSPS) is 15.9. The molecule has 1 rings (SSSR count). The lowest BCUT2D eigenvalue weighted by Crippen LogP contribution is -2.45. The van der Waals surface area contributed by atoms with E-state index in [4.69, 9.17) is 4.74 Å². The van der Waals surface area contributed by atoms with Crippen LogP contribution in [0, 0.1) is 5.92 Å². The number of carbonyl (C=O) groups excluding carboxylic acids is 1. The molecule has 16 heavy (non-hydrogen) atoms. The van der Waals surface area contributed by atoms with Crippen LogP contribution in [0.4, 0.5) is 4.79 Å². The van der Waals surface area contributed by atoms with Gasteiger partial charge in [-0.05, 0) is 31.6 Å². The second-order valence-corrected chi connectivity index (χ2v) is 4.82. The summed E-state index contributed by atoms with van der Waals surface area (Å²) < 4.78 is 5.40. The molecule has 2 N–H and O–H groups in total. The first-order valence-electron chi connectivity index (χ1n) is 6.30. The first-order chi connectivity index (χ1) is 7.68. The van der Waals surface area contributed by atoms with Gasteiger partial charge in [-0.3, -0.25) is 0 Å². The van der Waals surface area contributed by atoms with Gasteiger partial charge in [-0.25, -0.2) is 4.79 Å². The largest absolute Gasteiger partial charge is 0.380 e. The van der Waals surface area contributed by atoms with Crippen LogP contribution in [0.2, 0.25) is 0 Å². The first-order valence-corrected chi connectivity index (χ1v) is 6.30. The fraction of sp³-hybridized carbons (Fsp3) is 0.917. The van der Waals surface area contributed by atoms with Gasteiger partial charge in [0.2, 0.25) is 0 Å². The standard InChI is InChI=1S/C12H24N2O2/c1-10(2)6-8-16-9-7-13-12(15)14-11-4-3-5-11/h10-11H,3-9H2,1-2H3,(H2,13,14,15). The van der Waals surface area contributed by atoms with Crippen molar-refractivity contribution in [3.05, 3.63) is 0 Å². The Hall–Kier alpha value is -0.770. The first kappa shape index (κ1) is 13.3.